The van der Waals surface area contributed by atoms with Crippen LogP contribution in [0, 0.1) is 34.1 Å². The van der Waals surface area contributed by atoms with Crippen molar-refractivity contribution in [3.05, 3.63) is 68.5 Å². The van der Waals surface area contributed by atoms with Crippen molar-refractivity contribution in [1.82, 2.24) is 23.8 Å². The number of sulfonamides is 1. The van der Waals surface area contributed by atoms with E-state index in [0.29, 0.717) is 24.7 Å². The fourth-order valence-corrected chi connectivity index (χ4v) is 5.22. The first kappa shape index (κ1) is 23.2. The predicted octanol–water partition coefficient (Wildman–Crippen LogP) is 1.61. The summed E-state index contributed by atoms with van der Waals surface area (Å²) in [5.41, 5.74) is -1.43. The van der Waals surface area contributed by atoms with Crippen molar-refractivity contribution in [3.63, 3.8) is 0 Å². The number of rotatable bonds is 6. The zero-order chi connectivity index (χ0) is 24.6. The Morgan fingerprint density at radius 1 is 0.882 bits per heavy atom. The van der Waals surface area contributed by atoms with Crippen LogP contribution >= 0.6 is 0 Å². The number of aromatic nitrogens is 4. The maximum atomic E-state index is 13.2. The van der Waals surface area contributed by atoms with Gasteiger partial charge in [-0.3, -0.25) is 24.8 Å². The van der Waals surface area contributed by atoms with E-state index in [1.807, 2.05) is 11.8 Å². The van der Waals surface area contributed by atoms with Crippen LogP contribution in [0.5, 0.6) is 0 Å². The number of imidazole rings is 1. The number of benzene rings is 1. The fourth-order valence-electron chi connectivity index (χ4n) is 3.76. The summed E-state index contributed by atoms with van der Waals surface area (Å²) in [5.74, 6) is 1.98. The molecule has 0 radical (unpaired) electrons. The summed E-state index contributed by atoms with van der Waals surface area (Å²) < 4.78 is 29.3. The van der Waals surface area contributed by atoms with Gasteiger partial charge in [-0.25, -0.2) is 23.4 Å². The molecule has 0 spiro atoms. The van der Waals surface area contributed by atoms with E-state index in [2.05, 4.69) is 15.0 Å². The summed E-state index contributed by atoms with van der Waals surface area (Å²) in [4.78, 5) is 35.1. The second-order valence-electron chi connectivity index (χ2n) is 7.57. The van der Waals surface area contributed by atoms with Crippen LogP contribution in [0.3, 0.4) is 0 Å². The summed E-state index contributed by atoms with van der Waals surface area (Å²) in [5, 5.41) is 22.7. The molecule has 0 N–H and O–H groups in total. The normalized spacial score (nSPS) is 14.8. The molecule has 15 heteroatoms. The SMILES string of the molecule is Cc1c([N+](=O)[O-])cc(S(=O)(=O)N2CCN(c3cc(-n4ccnc4C)ncn3)CC2)cc1[N+](=O)[O-]. The van der Waals surface area contributed by atoms with E-state index >= 15 is 0 Å². The van der Waals surface area contributed by atoms with Crippen molar-refractivity contribution in [2.45, 2.75) is 18.7 Å². The first-order chi connectivity index (χ1) is 16.1. The van der Waals surface area contributed by atoms with Crippen LogP contribution in [-0.2, 0) is 10.0 Å². The highest BCUT2D eigenvalue weighted by Crippen LogP contribution is 2.33. The number of nitro benzene ring substituents is 2. The highest BCUT2D eigenvalue weighted by molar-refractivity contribution is 7.89. The van der Waals surface area contributed by atoms with Gasteiger partial charge in [0.2, 0.25) is 10.0 Å². The second kappa shape index (κ2) is 8.75. The van der Waals surface area contributed by atoms with E-state index in [0.717, 1.165) is 22.3 Å². The summed E-state index contributed by atoms with van der Waals surface area (Å²) in [7, 11) is -4.19. The lowest BCUT2D eigenvalue weighted by Crippen LogP contribution is -2.49. The second-order valence-corrected chi connectivity index (χ2v) is 9.51. The van der Waals surface area contributed by atoms with E-state index < -0.39 is 36.1 Å². The molecule has 2 aromatic heterocycles. The van der Waals surface area contributed by atoms with Crippen molar-refractivity contribution in [1.29, 1.82) is 0 Å². The van der Waals surface area contributed by atoms with Gasteiger partial charge in [0.25, 0.3) is 11.4 Å². The molecule has 3 heterocycles. The number of nitro groups is 2. The zero-order valence-corrected chi connectivity index (χ0v) is 19.0. The molecule has 4 rings (SSSR count). The third-order valence-electron chi connectivity index (χ3n) is 5.63. The highest BCUT2D eigenvalue weighted by atomic mass is 32.2. The quantitative estimate of drug-likeness (QED) is 0.367. The van der Waals surface area contributed by atoms with Crippen LogP contribution in [0.25, 0.3) is 5.82 Å². The first-order valence-electron chi connectivity index (χ1n) is 10.1. The zero-order valence-electron chi connectivity index (χ0n) is 18.2. The van der Waals surface area contributed by atoms with Gasteiger partial charge in [-0.15, -0.1) is 0 Å². The number of aryl methyl sites for hydroxylation is 1. The number of hydrogen-bond donors (Lipinski definition) is 0. The Labute approximate surface area is 193 Å². The smallest absolute Gasteiger partial charge is 0.280 e. The van der Waals surface area contributed by atoms with Crippen molar-refractivity contribution in [3.8, 4) is 5.82 Å². The number of nitrogens with zero attached hydrogens (tertiary/aromatic N) is 8. The lowest BCUT2D eigenvalue weighted by atomic mass is 10.1. The molecule has 1 fully saturated rings. The predicted molar refractivity (Wildman–Crippen MR) is 119 cm³/mol. The molecule has 34 heavy (non-hydrogen) atoms. The molecule has 0 amide bonds. The third-order valence-corrected chi connectivity index (χ3v) is 7.51. The van der Waals surface area contributed by atoms with E-state index in [4.69, 9.17) is 0 Å². The third kappa shape index (κ3) is 4.17. The van der Waals surface area contributed by atoms with Crippen molar-refractivity contribution < 1.29 is 18.3 Å². The summed E-state index contributed by atoms with van der Waals surface area (Å²) in [6.45, 7) is 3.80. The average Bonchev–Trinajstić information content (AvgIpc) is 3.24. The van der Waals surface area contributed by atoms with Gasteiger partial charge in [0.05, 0.1) is 14.7 Å². The Kier molecular flexibility index (Phi) is 5.97. The van der Waals surface area contributed by atoms with Crippen LogP contribution in [0.4, 0.5) is 17.2 Å². The first-order valence-corrected chi connectivity index (χ1v) is 11.5. The van der Waals surface area contributed by atoms with E-state index in [-0.39, 0.29) is 18.7 Å². The largest absolute Gasteiger partial charge is 0.354 e. The molecule has 178 valence electrons. The monoisotopic (exact) mass is 488 g/mol. The molecule has 0 unspecified atom stereocenters. The Morgan fingerprint density at radius 3 is 2.00 bits per heavy atom. The van der Waals surface area contributed by atoms with Crippen LogP contribution in [-0.4, -0.2) is 68.3 Å². The maximum absolute atomic E-state index is 13.2. The van der Waals surface area contributed by atoms with Gasteiger partial charge < -0.3 is 4.90 Å². The highest BCUT2D eigenvalue weighted by Gasteiger charge is 2.33. The lowest BCUT2D eigenvalue weighted by molar-refractivity contribution is -0.395. The topological polar surface area (TPSA) is 170 Å². The molecular formula is C19H20N8O6S. The lowest BCUT2D eigenvalue weighted by Gasteiger charge is -2.34. The van der Waals surface area contributed by atoms with Gasteiger partial charge in [-0.05, 0) is 13.8 Å². The molecule has 1 aliphatic heterocycles. The van der Waals surface area contributed by atoms with Crippen molar-refractivity contribution in [2.75, 3.05) is 31.1 Å². The van der Waals surface area contributed by atoms with Gasteiger partial charge in [-0.1, -0.05) is 0 Å². The number of piperazine rings is 1. The maximum Gasteiger partial charge on any atom is 0.280 e. The molecule has 0 atom stereocenters. The summed E-state index contributed by atoms with van der Waals surface area (Å²) in [6, 6.07) is 3.51. The van der Waals surface area contributed by atoms with Gasteiger partial charge >= 0.3 is 0 Å². The fraction of sp³-hybridized carbons (Fsp3) is 0.316. The van der Waals surface area contributed by atoms with Gasteiger partial charge in [-0.2, -0.15) is 4.31 Å². The Balaban J connectivity index is 1.56. The standard InChI is InChI=1S/C19H20N8O6S/c1-13-16(26(28)29)9-15(10-17(13)27(30)31)34(32,33)24-7-5-23(6-8-24)18-11-19(22-12-21-18)25-4-3-20-14(25)2/h3-4,9-12H,5-8H2,1-2H3. The molecular weight excluding hydrogens is 468 g/mol. The van der Waals surface area contributed by atoms with Crippen LogP contribution < -0.4 is 4.90 Å². The molecule has 1 aliphatic rings. The molecule has 3 aromatic rings. The Hall–Kier alpha value is -3.98. The van der Waals surface area contributed by atoms with Crippen LogP contribution in [0.2, 0.25) is 0 Å². The van der Waals surface area contributed by atoms with Crippen molar-refractivity contribution in [2.24, 2.45) is 0 Å². The van der Waals surface area contributed by atoms with Gasteiger partial charge in [0.15, 0.2) is 0 Å². The van der Waals surface area contributed by atoms with E-state index in [1.165, 1.54) is 13.3 Å². The molecule has 1 saturated heterocycles. The van der Waals surface area contributed by atoms with E-state index in [1.54, 1.807) is 23.0 Å². The molecule has 14 nitrogen and oxygen atoms in total. The van der Waals surface area contributed by atoms with Crippen LogP contribution in [0.15, 0.2) is 41.8 Å². The Bertz CT molecular complexity index is 1350. The van der Waals surface area contributed by atoms with Gasteiger partial charge in [0, 0.05) is 56.8 Å². The molecule has 0 aliphatic carbocycles. The molecule has 0 bridgehead atoms. The van der Waals surface area contributed by atoms with Crippen molar-refractivity contribution >= 4 is 27.2 Å². The van der Waals surface area contributed by atoms with Gasteiger partial charge in [0.1, 0.15) is 29.4 Å². The average molecular weight is 488 g/mol. The number of anilines is 1. The van der Waals surface area contributed by atoms with E-state index in [9.17, 15) is 28.6 Å². The minimum Gasteiger partial charge on any atom is -0.354 e. The summed E-state index contributed by atoms with van der Waals surface area (Å²) >= 11 is 0. The summed E-state index contributed by atoms with van der Waals surface area (Å²) in [6.07, 6.45) is 4.84. The molecule has 1 aromatic carbocycles. The Morgan fingerprint density at radius 2 is 1.47 bits per heavy atom. The minimum absolute atomic E-state index is 0.0707. The number of hydrogen-bond acceptors (Lipinski definition) is 10. The molecule has 0 saturated carbocycles. The minimum atomic E-state index is -4.19. The van der Waals surface area contributed by atoms with Crippen LogP contribution in [0.1, 0.15) is 11.4 Å².